The molecule has 0 unspecified atom stereocenters. The molecule has 0 radical (unpaired) electrons. The molecule has 1 saturated carbocycles. The highest BCUT2D eigenvalue weighted by molar-refractivity contribution is 7.99. The van der Waals surface area contributed by atoms with Crippen LogP contribution < -0.4 is 5.32 Å². The average molecular weight is 287 g/mol. The van der Waals surface area contributed by atoms with Crippen molar-refractivity contribution < 1.29 is 14.7 Å². The number of hydrogen-bond donors (Lipinski definition) is 2. The van der Waals surface area contributed by atoms with Gasteiger partial charge in [0.15, 0.2) is 0 Å². The van der Waals surface area contributed by atoms with Crippen LogP contribution in [0, 0.1) is 5.92 Å². The molecule has 2 N–H and O–H groups in total. The predicted octanol–water partition coefficient (Wildman–Crippen LogP) is 2.67. The number of carboxylic acid groups (broad SMARTS) is 1. The monoisotopic (exact) mass is 287 g/mol. The summed E-state index contributed by atoms with van der Waals surface area (Å²) in [6.45, 7) is 4.34. The summed E-state index contributed by atoms with van der Waals surface area (Å²) in [5, 5.41) is 11.9. The third-order valence-electron chi connectivity index (χ3n) is 3.53. The zero-order chi connectivity index (χ0) is 14.3. The molecule has 0 aromatic carbocycles. The van der Waals surface area contributed by atoms with Crippen LogP contribution >= 0.6 is 11.8 Å². The molecule has 1 aliphatic carbocycles. The van der Waals surface area contributed by atoms with Gasteiger partial charge in [0.05, 0.1) is 17.7 Å². The molecule has 0 aliphatic heterocycles. The maximum atomic E-state index is 11.9. The van der Waals surface area contributed by atoms with E-state index in [1.807, 2.05) is 0 Å². The van der Waals surface area contributed by atoms with Gasteiger partial charge in [-0.15, -0.1) is 0 Å². The van der Waals surface area contributed by atoms with Crippen LogP contribution in [0.4, 0.5) is 0 Å². The first-order valence-electron chi connectivity index (χ1n) is 7.04. The smallest absolute Gasteiger partial charge is 0.305 e. The summed E-state index contributed by atoms with van der Waals surface area (Å²) in [6.07, 6.45) is 4.76. The van der Waals surface area contributed by atoms with Gasteiger partial charge in [0.1, 0.15) is 0 Å². The lowest BCUT2D eigenvalue weighted by atomic mass is 9.93. The first kappa shape index (κ1) is 16.3. The summed E-state index contributed by atoms with van der Waals surface area (Å²) in [5.41, 5.74) is -0.485. The summed E-state index contributed by atoms with van der Waals surface area (Å²) >= 11 is 1.63. The van der Waals surface area contributed by atoms with Crippen LogP contribution in [0.5, 0.6) is 0 Å². The van der Waals surface area contributed by atoms with E-state index < -0.39 is 11.5 Å². The molecule has 0 aromatic heterocycles. The molecule has 1 rings (SSSR count). The van der Waals surface area contributed by atoms with Crippen LogP contribution in [-0.4, -0.2) is 34.0 Å². The lowest BCUT2D eigenvalue weighted by Crippen LogP contribution is -2.48. The van der Waals surface area contributed by atoms with Crippen LogP contribution in [0.15, 0.2) is 0 Å². The molecule has 0 atom stereocenters. The number of thioether (sulfide) groups is 1. The van der Waals surface area contributed by atoms with Gasteiger partial charge in [-0.05, 0) is 30.9 Å². The highest BCUT2D eigenvalue weighted by atomic mass is 32.2. The molecule has 0 saturated heterocycles. The van der Waals surface area contributed by atoms with Gasteiger partial charge >= 0.3 is 5.97 Å². The second-order valence-electron chi connectivity index (χ2n) is 5.84. The predicted molar refractivity (Wildman–Crippen MR) is 78.4 cm³/mol. The maximum absolute atomic E-state index is 11.9. The van der Waals surface area contributed by atoms with Crippen molar-refractivity contribution in [2.75, 3.05) is 11.5 Å². The second-order valence-corrected chi connectivity index (χ2v) is 6.95. The Morgan fingerprint density at radius 3 is 2.47 bits per heavy atom. The number of aliphatic carboxylic acids is 1. The summed E-state index contributed by atoms with van der Waals surface area (Å²) < 4.78 is 0. The first-order chi connectivity index (χ1) is 8.93. The molecular weight excluding hydrogens is 262 g/mol. The molecule has 1 amide bonds. The Kier molecular flexibility index (Phi) is 6.69. The van der Waals surface area contributed by atoms with Crippen molar-refractivity contribution in [2.24, 2.45) is 5.92 Å². The molecule has 0 spiro atoms. The fraction of sp³-hybridized carbons (Fsp3) is 0.857. The molecular formula is C14H25NO3S. The normalized spacial score (nSPS) is 17.6. The molecule has 110 valence electrons. The number of nitrogens with one attached hydrogen (secondary N) is 1. The average Bonchev–Trinajstić information content (AvgIpc) is 2.71. The molecule has 1 fully saturated rings. The minimum atomic E-state index is -0.824. The Morgan fingerprint density at radius 1 is 1.32 bits per heavy atom. The molecule has 0 bridgehead atoms. The van der Waals surface area contributed by atoms with Crippen LogP contribution in [0.2, 0.25) is 0 Å². The second kappa shape index (κ2) is 7.78. The van der Waals surface area contributed by atoms with E-state index in [-0.39, 0.29) is 12.3 Å². The highest BCUT2D eigenvalue weighted by Crippen LogP contribution is 2.32. The SMILES string of the molecule is CC(C)CCSCC(=O)NC1(CC(=O)O)CCCC1. The number of hydrogen-bond acceptors (Lipinski definition) is 3. The van der Waals surface area contributed by atoms with E-state index in [0.29, 0.717) is 11.7 Å². The van der Waals surface area contributed by atoms with Crippen molar-refractivity contribution in [3.05, 3.63) is 0 Å². The Balaban J connectivity index is 2.33. The van der Waals surface area contributed by atoms with E-state index in [0.717, 1.165) is 37.9 Å². The van der Waals surface area contributed by atoms with E-state index >= 15 is 0 Å². The summed E-state index contributed by atoms with van der Waals surface area (Å²) in [7, 11) is 0. The Bertz CT molecular complexity index is 312. The van der Waals surface area contributed by atoms with Crippen molar-refractivity contribution in [2.45, 2.75) is 57.9 Å². The van der Waals surface area contributed by atoms with E-state index in [4.69, 9.17) is 5.11 Å². The van der Waals surface area contributed by atoms with Gasteiger partial charge in [-0.3, -0.25) is 9.59 Å². The van der Waals surface area contributed by atoms with E-state index in [2.05, 4.69) is 19.2 Å². The number of rotatable bonds is 8. The number of carboxylic acids is 1. The van der Waals surface area contributed by atoms with Crippen molar-refractivity contribution >= 4 is 23.6 Å². The molecule has 0 aromatic rings. The summed E-state index contributed by atoms with van der Waals surface area (Å²) in [5.74, 6) is 1.24. The molecule has 1 aliphatic rings. The van der Waals surface area contributed by atoms with Crippen molar-refractivity contribution in [3.8, 4) is 0 Å². The van der Waals surface area contributed by atoms with Gasteiger partial charge in [-0.2, -0.15) is 11.8 Å². The quantitative estimate of drug-likeness (QED) is 0.674. The summed E-state index contributed by atoms with van der Waals surface area (Å²) in [4.78, 5) is 22.8. The largest absolute Gasteiger partial charge is 0.481 e. The third kappa shape index (κ3) is 6.32. The minimum Gasteiger partial charge on any atom is -0.481 e. The van der Waals surface area contributed by atoms with E-state index in [9.17, 15) is 9.59 Å². The topological polar surface area (TPSA) is 66.4 Å². The summed E-state index contributed by atoms with van der Waals surface area (Å²) in [6, 6.07) is 0. The Hall–Kier alpha value is -0.710. The number of amides is 1. The fourth-order valence-electron chi connectivity index (χ4n) is 2.50. The zero-order valence-corrected chi connectivity index (χ0v) is 12.7. The van der Waals surface area contributed by atoms with Gasteiger partial charge in [-0.1, -0.05) is 26.7 Å². The molecule has 5 heteroatoms. The fourth-order valence-corrected chi connectivity index (χ4v) is 3.54. The van der Waals surface area contributed by atoms with Gasteiger partial charge in [0.25, 0.3) is 0 Å². The van der Waals surface area contributed by atoms with Gasteiger partial charge in [0.2, 0.25) is 5.91 Å². The minimum absolute atomic E-state index is 0.0168. The van der Waals surface area contributed by atoms with E-state index in [1.54, 1.807) is 11.8 Å². The maximum Gasteiger partial charge on any atom is 0.305 e. The van der Waals surface area contributed by atoms with Crippen molar-refractivity contribution in [1.29, 1.82) is 0 Å². The van der Waals surface area contributed by atoms with Gasteiger partial charge in [0, 0.05) is 0 Å². The number of carbonyl (C=O) groups is 2. The van der Waals surface area contributed by atoms with Crippen molar-refractivity contribution in [3.63, 3.8) is 0 Å². The van der Waals surface area contributed by atoms with Crippen LogP contribution in [0.1, 0.15) is 52.4 Å². The molecule has 19 heavy (non-hydrogen) atoms. The van der Waals surface area contributed by atoms with Gasteiger partial charge < -0.3 is 10.4 Å². The first-order valence-corrected chi connectivity index (χ1v) is 8.19. The highest BCUT2D eigenvalue weighted by Gasteiger charge is 2.37. The Morgan fingerprint density at radius 2 is 1.95 bits per heavy atom. The van der Waals surface area contributed by atoms with Crippen molar-refractivity contribution in [1.82, 2.24) is 5.32 Å². The lowest BCUT2D eigenvalue weighted by molar-refractivity contribution is -0.139. The molecule has 4 nitrogen and oxygen atoms in total. The number of carbonyl (C=O) groups excluding carboxylic acids is 1. The van der Waals surface area contributed by atoms with Gasteiger partial charge in [-0.25, -0.2) is 0 Å². The molecule has 0 heterocycles. The Labute approximate surface area is 119 Å². The van der Waals surface area contributed by atoms with E-state index in [1.165, 1.54) is 0 Å². The standard InChI is InChI=1S/C14H25NO3S/c1-11(2)5-8-19-10-12(16)15-14(9-13(17)18)6-3-4-7-14/h11H,3-10H2,1-2H3,(H,15,16)(H,17,18). The van der Waals surface area contributed by atoms with Crippen LogP contribution in [0.3, 0.4) is 0 Å². The van der Waals surface area contributed by atoms with Crippen LogP contribution in [-0.2, 0) is 9.59 Å². The zero-order valence-electron chi connectivity index (χ0n) is 11.9. The third-order valence-corrected chi connectivity index (χ3v) is 4.52. The lowest BCUT2D eigenvalue weighted by Gasteiger charge is -2.28. The van der Waals surface area contributed by atoms with Crippen LogP contribution in [0.25, 0.3) is 0 Å².